The number of anilines is 1. The van der Waals surface area contributed by atoms with Crippen molar-refractivity contribution in [1.82, 2.24) is 4.98 Å². The number of nitrogens with zero attached hydrogens (tertiary/aromatic N) is 2. The summed E-state index contributed by atoms with van der Waals surface area (Å²) in [5, 5.41) is 13.1. The van der Waals surface area contributed by atoms with E-state index in [1.54, 1.807) is 6.20 Å². The van der Waals surface area contributed by atoms with Crippen molar-refractivity contribution in [2.45, 2.75) is 0 Å². The molecule has 2 rings (SSSR count). The zero-order valence-electron chi connectivity index (χ0n) is 6.86. The van der Waals surface area contributed by atoms with Gasteiger partial charge in [-0.25, -0.2) is 4.98 Å². The number of fused-ring (bicyclic) bond motifs is 1. The van der Waals surface area contributed by atoms with Crippen LogP contribution in [0.2, 0.25) is 0 Å². The number of nitriles is 1. The second kappa shape index (κ2) is 3.11. The van der Waals surface area contributed by atoms with Crippen LogP contribution in [0.5, 0.6) is 0 Å². The minimum Gasteiger partial charge on any atom is -0.276 e. The summed E-state index contributed by atoms with van der Waals surface area (Å²) in [5.74, 6) is 0.612. The fourth-order valence-corrected chi connectivity index (χ4v) is 1.27. The van der Waals surface area contributed by atoms with E-state index >= 15 is 0 Å². The molecular weight excluding hydrogens is 162 g/mol. The van der Waals surface area contributed by atoms with Crippen LogP contribution in [0.1, 0.15) is 0 Å². The Kier molecular flexibility index (Phi) is 1.81. The minimum atomic E-state index is 0.612. The van der Waals surface area contributed by atoms with Gasteiger partial charge in [-0.1, -0.05) is 24.3 Å². The molecule has 0 spiro atoms. The fraction of sp³-hybridized carbons (Fsp3) is 0. The zero-order chi connectivity index (χ0) is 9.10. The highest BCUT2D eigenvalue weighted by atomic mass is 15.0. The third kappa shape index (κ3) is 1.30. The maximum atomic E-state index is 8.48. The molecule has 0 amide bonds. The summed E-state index contributed by atoms with van der Waals surface area (Å²) in [6.45, 7) is 0. The van der Waals surface area contributed by atoms with Crippen LogP contribution in [-0.2, 0) is 0 Å². The SMILES string of the molecule is N#CNc1nccc2ccccc12. The van der Waals surface area contributed by atoms with E-state index in [1.807, 2.05) is 36.5 Å². The van der Waals surface area contributed by atoms with Gasteiger partial charge in [0.25, 0.3) is 0 Å². The molecule has 0 saturated carbocycles. The molecule has 62 valence electrons. The van der Waals surface area contributed by atoms with E-state index in [4.69, 9.17) is 5.26 Å². The number of nitrogens with one attached hydrogen (secondary N) is 1. The van der Waals surface area contributed by atoms with Crippen LogP contribution in [0.4, 0.5) is 5.82 Å². The Labute approximate surface area is 75.6 Å². The highest BCUT2D eigenvalue weighted by Gasteiger charge is 1.98. The molecule has 0 aliphatic heterocycles. The molecule has 0 radical (unpaired) electrons. The topological polar surface area (TPSA) is 48.7 Å². The lowest BCUT2D eigenvalue weighted by Gasteiger charge is -2.01. The molecule has 0 unspecified atom stereocenters. The molecule has 0 aliphatic carbocycles. The van der Waals surface area contributed by atoms with E-state index < -0.39 is 0 Å². The van der Waals surface area contributed by atoms with Gasteiger partial charge in [-0.15, -0.1) is 0 Å². The Hall–Kier alpha value is -2.08. The third-order valence-corrected chi connectivity index (χ3v) is 1.85. The largest absolute Gasteiger partial charge is 0.276 e. The first-order chi connectivity index (χ1) is 6.42. The lowest BCUT2D eigenvalue weighted by atomic mass is 10.2. The van der Waals surface area contributed by atoms with E-state index in [0.29, 0.717) is 5.82 Å². The quantitative estimate of drug-likeness (QED) is 0.525. The van der Waals surface area contributed by atoms with Gasteiger partial charge < -0.3 is 0 Å². The number of hydrogen-bond donors (Lipinski definition) is 1. The van der Waals surface area contributed by atoms with Gasteiger partial charge >= 0.3 is 0 Å². The highest BCUT2D eigenvalue weighted by molar-refractivity contribution is 5.91. The molecule has 2 aromatic rings. The Morgan fingerprint density at radius 1 is 1.23 bits per heavy atom. The minimum absolute atomic E-state index is 0.612. The van der Waals surface area contributed by atoms with Gasteiger partial charge in [-0.2, -0.15) is 5.26 Å². The van der Waals surface area contributed by atoms with Crippen LogP contribution in [0.25, 0.3) is 10.8 Å². The van der Waals surface area contributed by atoms with Gasteiger partial charge in [0.05, 0.1) is 0 Å². The number of rotatable bonds is 1. The second-order valence-electron chi connectivity index (χ2n) is 2.62. The number of benzene rings is 1. The molecule has 0 saturated heterocycles. The molecule has 0 bridgehead atoms. The van der Waals surface area contributed by atoms with Gasteiger partial charge in [-0.05, 0) is 11.5 Å². The molecular formula is C10H7N3. The molecule has 0 atom stereocenters. The third-order valence-electron chi connectivity index (χ3n) is 1.85. The molecule has 3 nitrogen and oxygen atoms in total. The van der Waals surface area contributed by atoms with Crippen LogP contribution in [0.15, 0.2) is 36.5 Å². The Bertz CT molecular complexity index is 466. The van der Waals surface area contributed by atoms with Gasteiger partial charge in [0.2, 0.25) is 0 Å². The maximum absolute atomic E-state index is 8.48. The first kappa shape index (κ1) is 7.56. The summed E-state index contributed by atoms with van der Waals surface area (Å²) in [5.41, 5.74) is 0. The van der Waals surface area contributed by atoms with Crippen molar-refractivity contribution in [1.29, 1.82) is 5.26 Å². The van der Waals surface area contributed by atoms with Crippen molar-refractivity contribution in [2.75, 3.05) is 5.32 Å². The van der Waals surface area contributed by atoms with Crippen molar-refractivity contribution in [3.05, 3.63) is 36.5 Å². The predicted octanol–water partition coefficient (Wildman–Crippen LogP) is 2.13. The van der Waals surface area contributed by atoms with Crippen LogP contribution in [0, 0.1) is 11.5 Å². The van der Waals surface area contributed by atoms with Crippen LogP contribution in [-0.4, -0.2) is 4.98 Å². The summed E-state index contributed by atoms with van der Waals surface area (Å²) in [6.07, 6.45) is 3.55. The summed E-state index contributed by atoms with van der Waals surface area (Å²) < 4.78 is 0. The number of pyridine rings is 1. The first-order valence-corrected chi connectivity index (χ1v) is 3.90. The summed E-state index contributed by atoms with van der Waals surface area (Å²) in [6, 6.07) is 9.71. The van der Waals surface area contributed by atoms with Gasteiger partial charge in [0, 0.05) is 11.6 Å². The van der Waals surface area contributed by atoms with Gasteiger partial charge in [-0.3, -0.25) is 5.32 Å². The number of aromatic nitrogens is 1. The van der Waals surface area contributed by atoms with E-state index in [2.05, 4.69) is 10.3 Å². The monoisotopic (exact) mass is 169 g/mol. The van der Waals surface area contributed by atoms with Gasteiger partial charge in [0.15, 0.2) is 6.19 Å². The Morgan fingerprint density at radius 3 is 2.92 bits per heavy atom. The summed E-state index contributed by atoms with van der Waals surface area (Å²) >= 11 is 0. The molecule has 1 N–H and O–H groups in total. The maximum Gasteiger partial charge on any atom is 0.182 e. The van der Waals surface area contributed by atoms with Crippen molar-refractivity contribution < 1.29 is 0 Å². The summed E-state index contributed by atoms with van der Waals surface area (Å²) in [4.78, 5) is 4.06. The molecule has 0 aliphatic rings. The molecule has 1 aromatic heterocycles. The molecule has 13 heavy (non-hydrogen) atoms. The smallest absolute Gasteiger partial charge is 0.182 e. The number of hydrogen-bond acceptors (Lipinski definition) is 3. The average Bonchev–Trinajstić information content (AvgIpc) is 2.19. The second-order valence-corrected chi connectivity index (χ2v) is 2.62. The van der Waals surface area contributed by atoms with Crippen LogP contribution >= 0.6 is 0 Å². The first-order valence-electron chi connectivity index (χ1n) is 3.90. The molecule has 1 heterocycles. The molecule has 1 aromatic carbocycles. The molecule has 0 fully saturated rings. The predicted molar refractivity (Wildman–Crippen MR) is 51.0 cm³/mol. The fourth-order valence-electron chi connectivity index (χ4n) is 1.27. The van der Waals surface area contributed by atoms with E-state index in [9.17, 15) is 0 Å². The highest BCUT2D eigenvalue weighted by Crippen LogP contribution is 2.19. The summed E-state index contributed by atoms with van der Waals surface area (Å²) in [7, 11) is 0. The van der Waals surface area contributed by atoms with Crippen molar-refractivity contribution >= 4 is 16.6 Å². The normalized spacial score (nSPS) is 9.46. The van der Waals surface area contributed by atoms with Crippen molar-refractivity contribution in [2.24, 2.45) is 0 Å². The van der Waals surface area contributed by atoms with Crippen LogP contribution < -0.4 is 5.32 Å². The van der Waals surface area contributed by atoms with E-state index in [0.717, 1.165) is 10.8 Å². The lowest BCUT2D eigenvalue weighted by molar-refractivity contribution is 1.33. The van der Waals surface area contributed by atoms with E-state index in [1.165, 1.54) is 0 Å². The zero-order valence-corrected chi connectivity index (χ0v) is 6.86. The Morgan fingerprint density at radius 2 is 2.08 bits per heavy atom. The van der Waals surface area contributed by atoms with Gasteiger partial charge in [0.1, 0.15) is 5.82 Å². The van der Waals surface area contributed by atoms with Crippen molar-refractivity contribution in [3.63, 3.8) is 0 Å². The Balaban J connectivity index is 2.70. The molecule has 3 heteroatoms. The lowest BCUT2D eigenvalue weighted by Crippen LogP contribution is -1.91. The van der Waals surface area contributed by atoms with Crippen LogP contribution in [0.3, 0.4) is 0 Å². The van der Waals surface area contributed by atoms with Crippen molar-refractivity contribution in [3.8, 4) is 6.19 Å². The van der Waals surface area contributed by atoms with E-state index in [-0.39, 0.29) is 0 Å². The standard InChI is InChI=1S/C10H7N3/c11-7-13-10-9-4-2-1-3-8(9)5-6-12-10/h1-6H,(H,12,13). The average molecular weight is 169 g/mol.